The quantitative estimate of drug-likeness (QED) is 0.255. The first-order valence-corrected chi connectivity index (χ1v) is 10.3. The minimum atomic E-state index is 0.0269. The second kappa shape index (κ2) is 20.2. The Hall–Kier alpha value is -0.830. The molecule has 1 amide bonds. The van der Waals surface area contributed by atoms with E-state index in [0.29, 0.717) is 13.0 Å². The van der Waals surface area contributed by atoms with E-state index in [9.17, 15) is 4.79 Å². The Morgan fingerprint density at radius 1 is 0.792 bits per heavy atom. The van der Waals surface area contributed by atoms with Crippen molar-refractivity contribution >= 4 is 5.91 Å². The summed E-state index contributed by atoms with van der Waals surface area (Å²) in [6.07, 6.45) is 23.3. The number of hydrogen-bond donors (Lipinski definition) is 2. The summed E-state index contributed by atoms with van der Waals surface area (Å²) < 4.78 is 0. The Labute approximate surface area is 150 Å². The summed E-state index contributed by atoms with van der Waals surface area (Å²) in [6, 6.07) is 0. The number of nitrogens with one attached hydrogen (secondary N) is 1. The summed E-state index contributed by atoms with van der Waals surface area (Å²) in [6.45, 7) is 2.67. The molecule has 0 fully saturated rings. The third kappa shape index (κ3) is 19.2. The number of aliphatic hydroxyl groups excluding tert-OH is 1. The molecule has 0 aliphatic rings. The Morgan fingerprint density at radius 2 is 1.29 bits per heavy atom. The van der Waals surface area contributed by atoms with Crippen LogP contribution in [-0.4, -0.2) is 24.2 Å². The van der Waals surface area contributed by atoms with Crippen molar-refractivity contribution < 1.29 is 9.90 Å². The van der Waals surface area contributed by atoms with Crippen LogP contribution in [0, 0.1) is 0 Å². The molecule has 0 rings (SSSR count). The summed E-state index contributed by atoms with van der Waals surface area (Å²) in [7, 11) is 0. The highest BCUT2D eigenvalue weighted by Gasteiger charge is 1.99. The number of amides is 1. The zero-order valence-corrected chi connectivity index (χ0v) is 16.0. The summed E-state index contributed by atoms with van der Waals surface area (Å²) >= 11 is 0. The van der Waals surface area contributed by atoms with Gasteiger partial charge in [0.15, 0.2) is 0 Å². The van der Waals surface area contributed by atoms with Gasteiger partial charge in [-0.1, -0.05) is 76.9 Å². The Morgan fingerprint density at radius 3 is 1.83 bits per heavy atom. The van der Waals surface area contributed by atoms with Gasteiger partial charge in [-0.15, -0.1) is 0 Å². The lowest BCUT2D eigenvalue weighted by Gasteiger charge is -2.03. The molecule has 0 aromatic heterocycles. The molecule has 0 unspecified atom stereocenters. The van der Waals surface area contributed by atoms with Crippen molar-refractivity contribution in [3.8, 4) is 0 Å². The maximum Gasteiger partial charge on any atom is 0.220 e. The van der Waals surface area contributed by atoms with Crippen molar-refractivity contribution in [3.63, 3.8) is 0 Å². The Bertz CT molecular complexity index is 290. The molecule has 2 N–H and O–H groups in total. The number of aliphatic hydroxyl groups is 1. The van der Waals surface area contributed by atoms with Crippen molar-refractivity contribution in [1.29, 1.82) is 0 Å². The summed E-state index contributed by atoms with van der Waals surface area (Å²) in [4.78, 5) is 11.3. The maximum atomic E-state index is 11.3. The van der Waals surface area contributed by atoms with E-state index in [1.165, 1.54) is 77.0 Å². The number of carbonyl (C=O) groups excluding carboxylic acids is 1. The zero-order valence-electron chi connectivity index (χ0n) is 16.0. The highest BCUT2D eigenvalue weighted by atomic mass is 16.3. The van der Waals surface area contributed by atoms with Crippen LogP contribution in [0.4, 0.5) is 0 Å². The Kier molecular flexibility index (Phi) is 19.5. The van der Waals surface area contributed by atoms with Crippen LogP contribution in [0.2, 0.25) is 0 Å². The van der Waals surface area contributed by atoms with Gasteiger partial charge in [-0.3, -0.25) is 4.79 Å². The standard InChI is InChI=1S/C21H41NO2/c1-2-3-4-5-6-7-8-9-10-11-12-13-14-15-16-17-18-21(24)22-19-20-23/h9-10,23H,2-8,11-20H2,1H3,(H,22,24)/b10-9+. The van der Waals surface area contributed by atoms with E-state index in [1.807, 2.05) is 0 Å². The van der Waals surface area contributed by atoms with Gasteiger partial charge in [0.2, 0.25) is 5.91 Å². The molecule has 24 heavy (non-hydrogen) atoms. The van der Waals surface area contributed by atoms with Gasteiger partial charge in [-0.05, 0) is 32.1 Å². The van der Waals surface area contributed by atoms with Crippen LogP contribution in [0.3, 0.4) is 0 Å². The fourth-order valence-electron chi connectivity index (χ4n) is 2.82. The lowest BCUT2D eigenvalue weighted by molar-refractivity contribution is -0.121. The number of hydrogen-bond acceptors (Lipinski definition) is 2. The van der Waals surface area contributed by atoms with Gasteiger partial charge in [0.25, 0.3) is 0 Å². The number of carbonyl (C=O) groups is 1. The SMILES string of the molecule is CCCCCCCC/C=C/CCCCCCCCC(=O)NCCO. The summed E-state index contributed by atoms with van der Waals surface area (Å²) in [5, 5.41) is 11.3. The molecule has 0 bridgehead atoms. The lowest BCUT2D eigenvalue weighted by Crippen LogP contribution is -2.25. The molecule has 3 heteroatoms. The third-order valence-electron chi connectivity index (χ3n) is 4.35. The number of allylic oxidation sites excluding steroid dienone is 2. The second-order valence-electron chi connectivity index (χ2n) is 6.76. The average molecular weight is 340 g/mol. The first-order valence-electron chi connectivity index (χ1n) is 10.3. The molecule has 0 saturated carbocycles. The molecule has 3 nitrogen and oxygen atoms in total. The van der Waals surface area contributed by atoms with Gasteiger partial charge in [0, 0.05) is 13.0 Å². The molecular formula is C21H41NO2. The topological polar surface area (TPSA) is 49.3 Å². The van der Waals surface area contributed by atoms with Crippen molar-refractivity contribution in [2.45, 2.75) is 103 Å². The van der Waals surface area contributed by atoms with Crippen LogP contribution in [0.25, 0.3) is 0 Å². The monoisotopic (exact) mass is 339 g/mol. The van der Waals surface area contributed by atoms with Crippen LogP contribution in [0.1, 0.15) is 103 Å². The molecule has 0 saturated heterocycles. The molecule has 142 valence electrons. The number of rotatable bonds is 18. The summed E-state index contributed by atoms with van der Waals surface area (Å²) in [5.41, 5.74) is 0. The van der Waals surface area contributed by atoms with E-state index in [4.69, 9.17) is 5.11 Å². The van der Waals surface area contributed by atoms with E-state index in [0.717, 1.165) is 12.8 Å². The molecule has 0 aliphatic carbocycles. The molecule has 0 radical (unpaired) electrons. The van der Waals surface area contributed by atoms with Gasteiger partial charge >= 0.3 is 0 Å². The largest absolute Gasteiger partial charge is 0.395 e. The molecule has 0 atom stereocenters. The van der Waals surface area contributed by atoms with Crippen LogP contribution < -0.4 is 5.32 Å². The van der Waals surface area contributed by atoms with Gasteiger partial charge in [0.05, 0.1) is 6.61 Å². The first-order chi connectivity index (χ1) is 11.8. The highest BCUT2D eigenvalue weighted by Crippen LogP contribution is 2.10. The molecule has 0 heterocycles. The van der Waals surface area contributed by atoms with Crippen LogP contribution in [-0.2, 0) is 4.79 Å². The van der Waals surface area contributed by atoms with Crippen molar-refractivity contribution in [1.82, 2.24) is 5.32 Å². The predicted octanol–water partition coefficient (Wildman–Crippen LogP) is 5.52. The van der Waals surface area contributed by atoms with Crippen molar-refractivity contribution in [3.05, 3.63) is 12.2 Å². The van der Waals surface area contributed by atoms with Gasteiger partial charge in [0.1, 0.15) is 0 Å². The van der Waals surface area contributed by atoms with Gasteiger partial charge in [-0.25, -0.2) is 0 Å². The number of unbranched alkanes of at least 4 members (excludes halogenated alkanes) is 12. The smallest absolute Gasteiger partial charge is 0.220 e. The van der Waals surface area contributed by atoms with Gasteiger partial charge < -0.3 is 10.4 Å². The van der Waals surface area contributed by atoms with E-state index in [1.54, 1.807) is 0 Å². The van der Waals surface area contributed by atoms with E-state index in [-0.39, 0.29) is 12.5 Å². The van der Waals surface area contributed by atoms with Crippen molar-refractivity contribution in [2.24, 2.45) is 0 Å². The molecule has 0 aromatic carbocycles. The average Bonchev–Trinajstić information content (AvgIpc) is 2.59. The minimum Gasteiger partial charge on any atom is -0.395 e. The highest BCUT2D eigenvalue weighted by molar-refractivity contribution is 5.75. The maximum absolute atomic E-state index is 11.3. The van der Waals surface area contributed by atoms with Crippen LogP contribution >= 0.6 is 0 Å². The third-order valence-corrected chi connectivity index (χ3v) is 4.35. The Balaban J connectivity index is 3.14. The van der Waals surface area contributed by atoms with E-state index >= 15 is 0 Å². The normalized spacial score (nSPS) is 11.2. The first kappa shape index (κ1) is 23.2. The fourth-order valence-corrected chi connectivity index (χ4v) is 2.82. The molecule has 0 aliphatic heterocycles. The second-order valence-corrected chi connectivity index (χ2v) is 6.76. The van der Waals surface area contributed by atoms with Crippen LogP contribution in [0.15, 0.2) is 12.2 Å². The minimum absolute atomic E-state index is 0.0269. The summed E-state index contributed by atoms with van der Waals surface area (Å²) in [5.74, 6) is 0.0690. The van der Waals surface area contributed by atoms with E-state index < -0.39 is 0 Å². The molecular weight excluding hydrogens is 298 g/mol. The molecule has 0 aromatic rings. The zero-order chi connectivity index (χ0) is 17.7. The van der Waals surface area contributed by atoms with E-state index in [2.05, 4.69) is 24.4 Å². The lowest BCUT2D eigenvalue weighted by atomic mass is 10.1. The predicted molar refractivity (Wildman–Crippen MR) is 104 cm³/mol. The fraction of sp³-hybridized carbons (Fsp3) is 0.857. The van der Waals surface area contributed by atoms with Gasteiger partial charge in [-0.2, -0.15) is 0 Å². The van der Waals surface area contributed by atoms with Crippen molar-refractivity contribution in [2.75, 3.05) is 13.2 Å². The van der Waals surface area contributed by atoms with Crippen LogP contribution in [0.5, 0.6) is 0 Å². The molecule has 0 spiro atoms.